The zero-order valence-corrected chi connectivity index (χ0v) is 12.0. The van der Waals surface area contributed by atoms with E-state index in [0.29, 0.717) is 0 Å². The molecule has 4 rings (SSSR count). The van der Waals surface area contributed by atoms with E-state index in [2.05, 4.69) is 42.3 Å². The standard InChI is InChI=1S/C15H11BrN4/c16-9-5-6-11-10(7-9)14(8-17-11)20-15-18-12-3-1-2-4-13(12)19-15/h1-8,17H,(H2,18,19,20). The summed E-state index contributed by atoms with van der Waals surface area (Å²) >= 11 is 3.50. The van der Waals surface area contributed by atoms with Gasteiger partial charge in [0.05, 0.1) is 16.7 Å². The second-order valence-electron chi connectivity index (χ2n) is 4.62. The molecule has 2 aromatic heterocycles. The van der Waals surface area contributed by atoms with Gasteiger partial charge < -0.3 is 15.3 Å². The molecular formula is C15H11BrN4. The molecule has 0 atom stereocenters. The lowest BCUT2D eigenvalue weighted by atomic mass is 10.2. The summed E-state index contributed by atoms with van der Waals surface area (Å²) in [5.41, 5.74) is 4.07. The summed E-state index contributed by atoms with van der Waals surface area (Å²) in [5.74, 6) is 0.743. The highest BCUT2D eigenvalue weighted by atomic mass is 79.9. The Hall–Kier alpha value is -2.27. The quantitative estimate of drug-likeness (QED) is 0.506. The van der Waals surface area contributed by atoms with Gasteiger partial charge in [0.1, 0.15) is 0 Å². The molecule has 2 aromatic carbocycles. The van der Waals surface area contributed by atoms with Gasteiger partial charge in [-0.25, -0.2) is 4.98 Å². The molecule has 0 aliphatic rings. The van der Waals surface area contributed by atoms with Gasteiger partial charge in [-0.3, -0.25) is 0 Å². The van der Waals surface area contributed by atoms with E-state index >= 15 is 0 Å². The fourth-order valence-corrected chi connectivity index (χ4v) is 2.70. The Bertz CT molecular complexity index is 873. The zero-order chi connectivity index (χ0) is 13.5. The molecule has 0 spiro atoms. The fourth-order valence-electron chi connectivity index (χ4n) is 2.34. The van der Waals surface area contributed by atoms with Crippen molar-refractivity contribution in [2.45, 2.75) is 0 Å². The van der Waals surface area contributed by atoms with E-state index in [9.17, 15) is 0 Å². The number of halogens is 1. The highest BCUT2D eigenvalue weighted by Crippen LogP contribution is 2.28. The van der Waals surface area contributed by atoms with E-state index in [1.807, 2.05) is 42.6 Å². The topological polar surface area (TPSA) is 56.5 Å². The third-order valence-electron chi connectivity index (χ3n) is 3.29. The Kier molecular flexibility index (Phi) is 2.53. The molecule has 0 aliphatic heterocycles. The third-order valence-corrected chi connectivity index (χ3v) is 3.78. The summed E-state index contributed by atoms with van der Waals surface area (Å²) in [6, 6.07) is 14.1. The van der Waals surface area contributed by atoms with Gasteiger partial charge in [0.15, 0.2) is 0 Å². The zero-order valence-electron chi connectivity index (χ0n) is 10.4. The van der Waals surface area contributed by atoms with Crippen LogP contribution in [0.3, 0.4) is 0 Å². The normalized spacial score (nSPS) is 11.2. The van der Waals surface area contributed by atoms with Crippen LogP contribution in [0.2, 0.25) is 0 Å². The molecule has 4 nitrogen and oxygen atoms in total. The number of hydrogen-bond acceptors (Lipinski definition) is 2. The van der Waals surface area contributed by atoms with Gasteiger partial charge in [-0.2, -0.15) is 0 Å². The molecule has 0 saturated carbocycles. The van der Waals surface area contributed by atoms with Crippen LogP contribution < -0.4 is 5.32 Å². The monoisotopic (exact) mass is 326 g/mol. The Morgan fingerprint density at radius 1 is 1.05 bits per heavy atom. The minimum absolute atomic E-state index is 0.743. The van der Waals surface area contributed by atoms with Crippen molar-refractivity contribution in [2.24, 2.45) is 0 Å². The van der Waals surface area contributed by atoms with Crippen molar-refractivity contribution >= 4 is 49.5 Å². The maximum Gasteiger partial charge on any atom is 0.205 e. The SMILES string of the molecule is Brc1ccc2[nH]cc(Nc3nc4ccccc4[nH]3)c2c1. The van der Waals surface area contributed by atoms with Crippen LogP contribution >= 0.6 is 15.9 Å². The number of aromatic nitrogens is 3. The van der Waals surface area contributed by atoms with Crippen molar-refractivity contribution in [3.8, 4) is 0 Å². The fraction of sp³-hybridized carbons (Fsp3) is 0. The maximum atomic E-state index is 4.52. The highest BCUT2D eigenvalue weighted by Gasteiger charge is 2.07. The van der Waals surface area contributed by atoms with Crippen molar-refractivity contribution in [1.82, 2.24) is 15.0 Å². The molecule has 2 heterocycles. The van der Waals surface area contributed by atoms with Gasteiger partial charge in [0, 0.05) is 21.6 Å². The van der Waals surface area contributed by atoms with Gasteiger partial charge in [0.25, 0.3) is 0 Å². The number of rotatable bonds is 2. The number of H-pyrrole nitrogens is 2. The minimum atomic E-state index is 0.743. The van der Waals surface area contributed by atoms with Crippen molar-refractivity contribution in [3.63, 3.8) is 0 Å². The Morgan fingerprint density at radius 2 is 1.95 bits per heavy atom. The van der Waals surface area contributed by atoms with Crippen molar-refractivity contribution in [1.29, 1.82) is 0 Å². The first-order valence-corrected chi connectivity index (χ1v) is 7.07. The first-order valence-electron chi connectivity index (χ1n) is 6.28. The Balaban J connectivity index is 1.78. The van der Waals surface area contributed by atoms with Gasteiger partial charge in [0.2, 0.25) is 5.95 Å². The predicted octanol–water partition coefficient (Wildman–Crippen LogP) is 4.55. The molecule has 3 N–H and O–H groups in total. The summed E-state index contributed by atoms with van der Waals surface area (Å²) < 4.78 is 1.05. The molecule has 0 amide bonds. The van der Waals surface area contributed by atoms with Gasteiger partial charge in [-0.1, -0.05) is 28.1 Å². The molecule has 0 fully saturated rings. The molecule has 0 aliphatic carbocycles. The van der Waals surface area contributed by atoms with Gasteiger partial charge in [-0.05, 0) is 30.3 Å². The predicted molar refractivity (Wildman–Crippen MR) is 85.4 cm³/mol. The first kappa shape index (κ1) is 11.5. The smallest absolute Gasteiger partial charge is 0.205 e. The third kappa shape index (κ3) is 1.87. The summed E-state index contributed by atoms with van der Waals surface area (Å²) in [6.07, 6.45) is 1.95. The number of nitrogens with one attached hydrogen (secondary N) is 3. The van der Waals surface area contributed by atoms with Crippen LogP contribution in [-0.4, -0.2) is 15.0 Å². The second kappa shape index (κ2) is 4.38. The highest BCUT2D eigenvalue weighted by molar-refractivity contribution is 9.10. The number of hydrogen-bond donors (Lipinski definition) is 3. The Labute approximate surface area is 123 Å². The summed E-state index contributed by atoms with van der Waals surface area (Å²) in [4.78, 5) is 11.0. The number of imidazole rings is 1. The molecule has 4 aromatic rings. The number of aromatic amines is 2. The van der Waals surface area contributed by atoms with Gasteiger partial charge >= 0.3 is 0 Å². The number of fused-ring (bicyclic) bond motifs is 2. The first-order chi connectivity index (χ1) is 9.79. The van der Waals surface area contributed by atoms with Crippen LogP contribution in [0, 0.1) is 0 Å². The van der Waals surface area contributed by atoms with E-state index in [-0.39, 0.29) is 0 Å². The minimum Gasteiger partial charge on any atom is -0.359 e. The van der Waals surface area contributed by atoms with Crippen LogP contribution in [0.1, 0.15) is 0 Å². The Morgan fingerprint density at radius 3 is 2.85 bits per heavy atom. The van der Waals surface area contributed by atoms with Crippen molar-refractivity contribution < 1.29 is 0 Å². The van der Waals surface area contributed by atoms with Crippen molar-refractivity contribution in [3.05, 3.63) is 53.1 Å². The van der Waals surface area contributed by atoms with E-state index in [0.717, 1.165) is 38.0 Å². The van der Waals surface area contributed by atoms with Crippen LogP contribution in [0.25, 0.3) is 21.9 Å². The average Bonchev–Trinajstić information content (AvgIpc) is 3.03. The van der Waals surface area contributed by atoms with Crippen LogP contribution in [0.5, 0.6) is 0 Å². The van der Waals surface area contributed by atoms with E-state index < -0.39 is 0 Å². The lowest BCUT2D eigenvalue weighted by molar-refractivity contribution is 1.31. The molecule has 0 unspecified atom stereocenters. The molecular weight excluding hydrogens is 316 g/mol. The lowest BCUT2D eigenvalue weighted by Crippen LogP contribution is -1.90. The van der Waals surface area contributed by atoms with Crippen LogP contribution in [0.4, 0.5) is 11.6 Å². The maximum absolute atomic E-state index is 4.52. The molecule has 20 heavy (non-hydrogen) atoms. The number of para-hydroxylation sites is 2. The summed E-state index contributed by atoms with van der Waals surface area (Å²) in [7, 11) is 0. The van der Waals surface area contributed by atoms with Crippen LogP contribution in [0.15, 0.2) is 53.1 Å². The summed E-state index contributed by atoms with van der Waals surface area (Å²) in [6.45, 7) is 0. The molecule has 5 heteroatoms. The number of nitrogens with zero attached hydrogens (tertiary/aromatic N) is 1. The molecule has 0 bridgehead atoms. The summed E-state index contributed by atoms with van der Waals surface area (Å²) in [5, 5.41) is 4.45. The van der Waals surface area contributed by atoms with Crippen molar-refractivity contribution in [2.75, 3.05) is 5.32 Å². The lowest BCUT2D eigenvalue weighted by Gasteiger charge is -2.00. The largest absolute Gasteiger partial charge is 0.359 e. The number of anilines is 2. The average molecular weight is 327 g/mol. The van der Waals surface area contributed by atoms with Gasteiger partial charge in [-0.15, -0.1) is 0 Å². The van der Waals surface area contributed by atoms with Crippen LogP contribution in [-0.2, 0) is 0 Å². The molecule has 0 saturated heterocycles. The van der Waals surface area contributed by atoms with E-state index in [1.54, 1.807) is 0 Å². The van der Waals surface area contributed by atoms with E-state index in [4.69, 9.17) is 0 Å². The molecule has 98 valence electrons. The molecule has 0 radical (unpaired) electrons. The van der Waals surface area contributed by atoms with E-state index in [1.165, 1.54) is 0 Å². The number of benzene rings is 2. The second-order valence-corrected chi connectivity index (χ2v) is 5.54.